The number of nitriles is 2. The molecule has 2 aromatic rings. The summed E-state index contributed by atoms with van der Waals surface area (Å²) in [7, 11) is 0. The monoisotopic (exact) mass is 290 g/mol. The lowest BCUT2D eigenvalue weighted by atomic mass is 9.87. The lowest BCUT2D eigenvalue weighted by Gasteiger charge is -2.28. The maximum atomic E-state index is 9.41. The molecule has 0 spiro atoms. The Labute approximate surface area is 130 Å². The quantitative estimate of drug-likeness (QED) is 0.908. The molecule has 4 heteroatoms. The summed E-state index contributed by atoms with van der Waals surface area (Å²) in [5.41, 5.74) is 1.92. The highest BCUT2D eigenvalue weighted by Crippen LogP contribution is 2.39. The van der Waals surface area contributed by atoms with E-state index in [2.05, 4.69) is 36.3 Å². The third kappa shape index (κ3) is 2.38. The van der Waals surface area contributed by atoms with Crippen molar-refractivity contribution >= 4 is 16.7 Å². The maximum absolute atomic E-state index is 9.41. The Morgan fingerprint density at radius 1 is 1.23 bits per heavy atom. The smallest absolute Gasteiger partial charge is 0.144 e. The van der Waals surface area contributed by atoms with Crippen molar-refractivity contribution in [2.75, 3.05) is 5.32 Å². The maximum Gasteiger partial charge on any atom is 0.144 e. The second-order valence-corrected chi connectivity index (χ2v) is 6.56. The van der Waals surface area contributed by atoms with Gasteiger partial charge in [0.1, 0.15) is 18.0 Å². The van der Waals surface area contributed by atoms with Crippen LogP contribution in [0, 0.1) is 28.1 Å². The lowest BCUT2D eigenvalue weighted by molar-refractivity contribution is 0.349. The van der Waals surface area contributed by atoms with E-state index in [-0.39, 0.29) is 5.41 Å². The highest BCUT2D eigenvalue weighted by molar-refractivity contribution is 5.87. The van der Waals surface area contributed by atoms with E-state index in [9.17, 15) is 10.5 Å². The zero-order valence-corrected chi connectivity index (χ0v) is 12.8. The molecule has 1 heterocycles. The van der Waals surface area contributed by atoms with E-state index in [1.807, 2.05) is 18.2 Å². The minimum atomic E-state index is 0.193. The molecule has 110 valence electrons. The van der Waals surface area contributed by atoms with Crippen molar-refractivity contribution in [2.24, 2.45) is 5.41 Å². The molecule has 0 aliphatic heterocycles. The second-order valence-electron chi connectivity index (χ2n) is 6.56. The van der Waals surface area contributed by atoms with Crippen molar-refractivity contribution in [3.63, 3.8) is 0 Å². The standard InChI is InChI=1S/C18H18N4/c1-18(2)8-4-7-15(18)21-17-14(11-20)9-12-5-3-6-13(10-19)16(12)22-17/h3,5-6,9,15H,4,7-8H2,1-2H3,(H,21,22). The molecule has 1 fully saturated rings. The van der Waals surface area contributed by atoms with Crippen molar-refractivity contribution in [1.82, 2.24) is 4.98 Å². The van der Waals surface area contributed by atoms with Gasteiger partial charge in [-0.25, -0.2) is 4.98 Å². The van der Waals surface area contributed by atoms with Crippen molar-refractivity contribution in [1.29, 1.82) is 10.5 Å². The first-order chi connectivity index (χ1) is 10.5. The topological polar surface area (TPSA) is 72.5 Å². The molecule has 1 atom stereocenters. The van der Waals surface area contributed by atoms with Gasteiger partial charge in [0.15, 0.2) is 0 Å². The van der Waals surface area contributed by atoms with Gasteiger partial charge in [0.2, 0.25) is 0 Å². The number of fused-ring (bicyclic) bond motifs is 1. The van der Waals surface area contributed by atoms with Gasteiger partial charge in [-0.05, 0) is 30.4 Å². The molecule has 1 aromatic heterocycles. The first-order valence-electron chi connectivity index (χ1n) is 7.55. The number of hydrogen-bond donors (Lipinski definition) is 1. The van der Waals surface area contributed by atoms with Crippen LogP contribution in [-0.2, 0) is 0 Å². The summed E-state index contributed by atoms with van der Waals surface area (Å²) in [4.78, 5) is 4.59. The van der Waals surface area contributed by atoms with Crippen LogP contribution in [-0.4, -0.2) is 11.0 Å². The molecule has 1 N–H and O–H groups in total. The average molecular weight is 290 g/mol. The molecule has 1 aliphatic carbocycles. The van der Waals surface area contributed by atoms with Crippen LogP contribution in [0.25, 0.3) is 10.9 Å². The molecule has 0 radical (unpaired) electrons. The normalized spacial score (nSPS) is 19.5. The van der Waals surface area contributed by atoms with Gasteiger partial charge in [0.25, 0.3) is 0 Å². The zero-order valence-electron chi connectivity index (χ0n) is 12.8. The predicted octanol–water partition coefficient (Wildman–Crippen LogP) is 3.97. The molecule has 4 nitrogen and oxygen atoms in total. The van der Waals surface area contributed by atoms with Gasteiger partial charge in [-0.15, -0.1) is 0 Å². The van der Waals surface area contributed by atoms with Gasteiger partial charge in [-0.2, -0.15) is 10.5 Å². The van der Waals surface area contributed by atoms with Gasteiger partial charge in [-0.3, -0.25) is 0 Å². The zero-order chi connectivity index (χ0) is 15.7. The third-order valence-corrected chi connectivity index (χ3v) is 4.65. The van der Waals surface area contributed by atoms with E-state index < -0.39 is 0 Å². The Bertz CT molecular complexity index is 808. The summed E-state index contributed by atoms with van der Waals surface area (Å²) in [6.45, 7) is 4.48. The SMILES string of the molecule is CC1(C)CCCC1Nc1nc2c(C#N)cccc2cc1C#N. The fourth-order valence-electron chi connectivity index (χ4n) is 3.24. The van der Waals surface area contributed by atoms with E-state index in [1.165, 1.54) is 12.8 Å². The molecule has 22 heavy (non-hydrogen) atoms. The predicted molar refractivity (Wildman–Crippen MR) is 86.2 cm³/mol. The number of rotatable bonds is 2. The number of nitrogens with zero attached hydrogens (tertiary/aromatic N) is 3. The molecular formula is C18H18N4. The Balaban J connectivity index is 2.09. The van der Waals surface area contributed by atoms with E-state index in [0.717, 1.165) is 11.8 Å². The highest BCUT2D eigenvalue weighted by atomic mass is 15.0. The van der Waals surface area contributed by atoms with Crippen molar-refractivity contribution in [3.8, 4) is 12.1 Å². The van der Waals surface area contributed by atoms with Gasteiger partial charge in [0, 0.05) is 11.4 Å². The summed E-state index contributed by atoms with van der Waals surface area (Å²) in [6, 6.07) is 12.0. The highest BCUT2D eigenvalue weighted by Gasteiger charge is 2.35. The number of pyridine rings is 1. The van der Waals surface area contributed by atoms with Crippen LogP contribution in [0.2, 0.25) is 0 Å². The number of anilines is 1. The van der Waals surface area contributed by atoms with Crippen molar-refractivity contribution in [3.05, 3.63) is 35.4 Å². The van der Waals surface area contributed by atoms with E-state index in [4.69, 9.17) is 0 Å². The third-order valence-electron chi connectivity index (χ3n) is 4.65. The molecule has 1 unspecified atom stereocenters. The van der Waals surface area contributed by atoms with Gasteiger partial charge < -0.3 is 5.32 Å². The van der Waals surface area contributed by atoms with Crippen LogP contribution >= 0.6 is 0 Å². The lowest BCUT2D eigenvalue weighted by Crippen LogP contribution is -2.31. The fraction of sp³-hybridized carbons (Fsp3) is 0.389. The Morgan fingerprint density at radius 3 is 2.64 bits per heavy atom. The van der Waals surface area contributed by atoms with Gasteiger partial charge in [-0.1, -0.05) is 32.4 Å². The number of hydrogen-bond acceptors (Lipinski definition) is 4. The largest absolute Gasteiger partial charge is 0.366 e. The molecule has 3 rings (SSSR count). The van der Waals surface area contributed by atoms with Crippen LogP contribution in [0.3, 0.4) is 0 Å². The van der Waals surface area contributed by atoms with Crippen LogP contribution < -0.4 is 5.32 Å². The Kier molecular flexibility index (Phi) is 3.47. The summed E-state index contributed by atoms with van der Waals surface area (Å²) < 4.78 is 0. The van der Waals surface area contributed by atoms with Crippen LogP contribution in [0.1, 0.15) is 44.2 Å². The summed E-state index contributed by atoms with van der Waals surface area (Å²) in [6.07, 6.45) is 3.44. The van der Waals surface area contributed by atoms with Crippen LogP contribution in [0.15, 0.2) is 24.3 Å². The van der Waals surface area contributed by atoms with Crippen LogP contribution in [0.5, 0.6) is 0 Å². The number of nitrogens with one attached hydrogen (secondary N) is 1. The minimum Gasteiger partial charge on any atom is -0.366 e. The Morgan fingerprint density at radius 2 is 2.00 bits per heavy atom. The summed E-state index contributed by atoms with van der Waals surface area (Å²) in [5, 5.41) is 22.9. The van der Waals surface area contributed by atoms with Gasteiger partial charge in [0.05, 0.1) is 16.6 Å². The Hall–Kier alpha value is -2.59. The summed E-state index contributed by atoms with van der Waals surface area (Å²) in [5.74, 6) is 0.595. The number of aromatic nitrogens is 1. The van der Waals surface area contributed by atoms with E-state index in [0.29, 0.717) is 28.5 Å². The molecule has 0 saturated heterocycles. The minimum absolute atomic E-state index is 0.193. The second kappa shape index (κ2) is 5.31. The first-order valence-corrected chi connectivity index (χ1v) is 7.55. The molecular weight excluding hydrogens is 272 g/mol. The molecule has 1 aliphatic rings. The molecule has 1 saturated carbocycles. The van der Waals surface area contributed by atoms with Crippen molar-refractivity contribution < 1.29 is 0 Å². The number of benzene rings is 1. The van der Waals surface area contributed by atoms with Gasteiger partial charge >= 0.3 is 0 Å². The summed E-state index contributed by atoms with van der Waals surface area (Å²) >= 11 is 0. The van der Waals surface area contributed by atoms with Crippen molar-refractivity contribution in [2.45, 2.75) is 39.2 Å². The number of para-hydroxylation sites is 1. The molecule has 0 bridgehead atoms. The van der Waals surface area contributed by atoms with E-state index >= 15 is 0 Å². The average Bonchev–Trinajstić information content (AvgIpc) is 2.84. The molecule has 1 aromatic carbocycles. The fourth-order valence-corrected chi connectivity index (χ4v) is 3.24. The van der Waals surface area contributed by atoms with Crippen LogP contribution in [0.4, 0.5) is 5.82 Å². The molecule has 0 amide bonds. The first kappa shape index (κ1) is 14.4. The van der Waals surface area contributed by atoms with E-state index in [1.54, 1.807) is 6.07 Å².